The smallest absolute Gasteiger partial charge is 0.255 e. The fraction of sp³-hybridized carbons (Fsp3) is 0.200. The third kappa shape index (κ3) is 3.74. The molecule has 0 spiro atoms. The Morgan fingerprint density at radius 2 is 1.93 bits per heavy atom. The molecule has 0 aliphatic rings. The highest BCUT2D eigenvalue weighted by Crippen LogP contribution is 2.34. The highest BCUT2D eigenvalue weighted by atomic mass is 35.5. The summed E-state index contributed by atoms with van der Waals surface area (Å²) >= 11 is 13.8. The van der Waals surface area contributed by atoms with Crippen LogP contribution in [0.1, 0.15) is 28.7 Å². The van der Waals surface area contributed by atoms with E-state index in [-0.39, 0.29) is 16.0 Å². The molecule has 154 valence electrons. The monoisotopic (exact) mass is 461 g/mol. The van der Waals surface area contributed by atoms with Gasteiger partial charge in [-0.15, -0.1) is 10.2 Å². The summed E-state index contributed by atoms with van der Waals surface area (Å²) in [5, 5.41) is 17.1. The van der Waals surface area contributed by atoms with Crippen molar-refractivity contribution in [1.29, 1.82) is 0 Å². The van der Waals surface area contributed by atoms with Crippen molar-refractivity contribution in [2.24, 2.45) is 0 Å². The molecule has 2 aromatic heterocycles. The summed E-state index contributed by atoms with van der Waals surface area (Å²) in [5.41, 5.74) is 2.79. The van der Waals surface area contributed by atoms with Crippen LogP contribution in [0.5, 0.6) is 5.75 Å². The van der Waals surface area contributed by atoms with Crippen molar-refractivity contribution in [1.82, 2.24) is 19.8 Å². The van der Waals surface area contributed by atoms with Gasteiger partial charge in [0, 0.05) is 23.2 Å². The predicted molar refractivity (Wildman–Crippen MR) is 119 cm³/mol. The highest BCUT2D eigenvalue weighted by Gasteiger charge is 2.16. The largest absolute Gasteiger partial charge is 0.494 e. The number of amides is 1. The molecule has 30 heavy (non-hydrogen) atoms. The van der Waals surface area contributed by atoms with Crippen LogP contribution in [-0.4, -0.2) is 32.8 Å². The molecule has 0 aliphatic carbocycles. The summed E-state index contributed by atoms with van der Waals surface area (Å²) in [6.07, 6.45) is 0.743. The molecule has 0 atom stereocenters. The Kier molecular flexibility index (Phi) is 5.64. The molecule has 7 nitrogen and oxygen atoms in total. The van der Waals surface area contributed by atoms with Crippen LogP contribution in [0.25, 0.3) is 15.5 Å². The topological polar surface area (TPSA) is 81.4 Å². The Labute approximate surface area is 186 Å². The lowest BCUT2D eigenvalue weighted by molar-refractivity contribution is 0.102. The van der Waals surface area contributed by atoms with E-state index in [1.807, 2.05) is 32.0 Å². The fourth-order valence-electron chi connectivity index (χ4n) is 2.96. The summed E-state index contributed by atoms with van der Waals surface area (Å²) in [4.78, 5) is 13.5. The van der Waals surface area contributed by atoms with Crippen LogP contribution in [0.3, 0.4) is 0 Å². The zero-order valence-electron chi connectivity index (χ0n) is 16.4. The average molecular weight is 462 g/mol. The van der Waals surface area contributed by atoms with E-state index in [0.29, 0.717) is 17.0 Å². The summed E-state index contributed by atoms with van der Waals surface area (Å²) in [7, 11) is 1.47. The van der Waals surface area contributed by atoms with E-state index in [2.05, 4.69) is 20.6 Å². The van der Waals surface area contributed by atoms with Gasteiger partial charge in [0.25, 0.3) is 5.91 Å². The molecule has 4 aromatic rings. The van der Waals surface area contributed by atoms with Gasteiger partial charge in [-0.2, -0.15) is 9.61 Å². The van der Waals surface area contributed by atoms with Crippen LogP contribution < -0.4 is 10.1 Å². The average Bonchev–Trinajstić information content (AvgIpc) is 3.30. The number of aryl methyl sites for hydroxylation is 2. The van der Waals surface area contributed by atoms with Gasteiger partial charge in [0.05, 0.1) is 17.2 Å². The van der Waals surface area contributed by atoms with Gasteiger partial charge >= 0.3 is 0 Å². The number of fused-ring (bicyclic) bond motifs is 1. The first-order valence-electron chi connectivity index (χ1n) is 9.07. The number of nitrogens with one attached hydrogen (secondary N) is 1. The number of rotatable bonds is 5. The van der Waals surface area contributed by atoms with Gasteiger partial charge in [-0.3, -0.25) is 4.79 Å². The molecule has 1 N–H and O–H groups in total. The highest BCUT2D eigenvalue weighted by molar-refractivity contribution is 7.19. The summed E-state index contributed by atoms with van der Waals surface area (Å²) in [6.45, 7) is 3.92. The summed E-state index contributed by atoms with van der Waals surface area (Å²) < 4.78 is 6.88. The Morgan fingerprint density at radius 1 is 1.20 bits per heavy atom. The molecule has 0 saturated carbocycles. The Hall–Kier alpha value is -2.68. The second-order valence-corrected chi connectivity index (χ2v) is 8.30. The maximum atomic E-state index is 12.8. The number of methoxy groups -OCH3 is 1. The quantitative estimate of drug-likeness (QED) is 0.436. The number of aromatic nitrogens is 4. The molecule has 0 saturated heterocycles. The van der Waals surface area contributed by atoms with Gasteiger partial charge in [-0.05, 0) is 30.7 Å². The van der Waals surface area contributed by atoms with Crippen LogP contribution >= 0.6 is 34.5 Å². The zero-order chi connectivity index (χ0) is 21.4. The van der Waals surface area contributed by atoms with Gasteiger partial charge in [-0.25, -0.2) is 0 Å². The lowest BCUT2D eigenvalue weighted by Crippen LogP contribution is -2.13. The molecule has 0 aliphatic heterocycles. The minimum absolute atomic E-state index is 0.270. The number of benzene rings is 2. The standard InChI is InChI=1S/C20H17Cl2N5O2S/c1-4-16-24-25-20-27(16)26-19(30-20)11-6-5-10(2)15(9-11)23-18(28)12-7-13(21)17(29-3)14(22)8-12/h5-9H,4H2,1-3H3,(H,23,28). The van der Waals surface area contributed by atoms with Crippen molar-refractivity contribution in [3.63, 3.8) is 0 Å². The number of ether oxygens (including phenoxy) is 1. The number of hydrogen-bond acceptors (Lipinski definition) is 6. The van der Waals surface area contributed by atoms with E-state index < -0.39 is 0 Å². The van der Waals surface area contributed by atoms with E-state index in [4.69, 9.17) is 27.9 Å². The molecular weight excluding hydrogens is 445 g/mol. The van der Waals surface area contributed by atoms with Crippen molar-refractivity contribution in [2.75, 3.05) is 12.4 Å². The van der Waals surface area contributed by atoms with Crippen molar-refractivity contribution in [3.8, 4) is 16.3 Å². The molecule has 0 bridgehead atoms. The van der Waals surface area contributed by atoms with Gasteiger partial charge < -0.3 is 10.1 Å². The summed E-state index contributed by atoms with van der Waals surface area (Å²) in [6, 6.07) is 8.83. The molecule has 0 radical (unpaired) electrons. The van der Waals surface area contributed by atoms with Crippen LogP contribution in [-0.2, 0) is 6.42 Å². The molecule has 0 unspecified atom stereocenters. The van der Waals surface area contributed by atoms with Crippen LogP contribution in [0.15, 0.2) is 30.3 Å². The third-order valence-electron chi connectivity index (χ3n) is 4.57. The molecule has 0 fully saturated rings. The predicted octanol–water partition coefficient (Wildman–Crippen LogP) is 5.29. The molecule has 2 aromatic carbocycles. The van der Waals surface area contributed by atoms with Gasteiger partial charge in [0.1, 0.15) is 5.01 Å². The van der Waals surface area contributed by atoms with Gasteiger partial charge in [0.2, 0.25) is 4.96 Å². The van der Waals surface area contributed by atoms with Crippen molar-refractivity contribution in [3.05, 3.63) is 57.3 Å². The first-order chi connectivity index (χ1) is 14.4. The number of carbonyl (C=O) groups is 1. The Bertz CT molecular complexity index is 1240. The third-order valence-corrected chi connectivity index (χ3v) is 6.08. The number of anilines is 1. The normalized spacial score (nSPS) is 11.1. The molecular formula is C20H17Cl2N5O2S. The summed E-state index contributed by atoms with van der Waals surface area (Å²) in [5.74, 6) is 0.817. The Balaban J connectivity index is 1.65. The van der Waals surface area contributed by atoms with Gasteiger partial charge in [-0.1, -0.05) is 53.6 Å². The van der Waals surface area contributed by atoms with E-state index in [9.17, 15) is 4.79 Å². The zero-order valence-corrected chi connectivity index (χ0v) is 18.7. The molecule has 10 heteroatoms. The lowest BCUT2D eigenvalue weighted by Gasteiger charge is -2.12. The van der Waals surface area contributed by atoms with Crippen molar-refractivity contribution >= 4 is 51.1 Å². The number of halogens is 2. The fourth-order valence-corrected chi connectivity index (χ4v) is 4.46. The van der Waals surface area contributed by atoms with E-state index >= 15 is 0 Å². The SMILES string of the molecule is CCc1nnc2sc(-c3ccc(C)c(NC(=O)c4cc(Cl)c(OC)c(Cl)c4)c3)nn12. The van der Waals surface area contributed by atoms with Crippen LogP contribution in [0, 0.1) is 6.92 Å². The van der Waals surface area contributed by atoms with E-state index in [1.165, 1.54) is 30.6 Å². The second kappa shape index (κ2) is 8.22. The second-order valence-electron chi connectivity index (χ2n) is 6.53. The number of hydrogen-bond donors (Lipinski definition) is 1. The lowest BCUT2D eigenvalue weighted by atomic mass is 10.1. The van der Waals surface area contributed by atoms with E-state index in [1.54, 1.807) is 4.52 Å². The molecule has 1 amide bonds. The van der Waals surface area contributed by atoms with Crippen LogP contribution in [0.2, 0.25) is 10.0 Å². The molecule has 4 rings (SSSR count). The van der Waals surface area contributed by atoms with E-state index in [0.717, 1.165) is 33.3 Å². The maximum Gasteiger partial charge on any atom is 0.255 e. The minimum Gasteiger partial charge on any atom is -0.494 e. The first-order valence-corrected chi connectivity index (χ1v) is 10.6. The van der Waals surface area contributed by atoms with Crippen LogP contribution in [0.4, 0.5) is 5.69 Å². The maximum absolute atomic E-state index is 12.8. The number of nitrogens with zero attached hydrogens (tertiary/aromatic N) is 4. The first kappa shape index (κ1) is 20.6. The van der Waals surface area contributed by atoms with Gasteiger partial charge in [0.15, 0.2) is 11.6 Å². The number of carbonyl (C=O) groups excluding carboxylic acids is 1. The molecule has 2 heterocycles. The van der Waals surface area contributed by atoms with Crippen molar-refractivity contribution < 1.29 is 9.53 Å². The minimum atomic E-state index is -0.326. The van der Waals surface area contributed by atoms with Crippen molar-refractivity contribution in [2.45, 2.75) is 20.3 Å². The Morgan fingerprint density at radius 3 is 2.60 bits per heavy atom.